The molecule has 8 heterocycles. The number of carbonyl (C=O) groups is 16. The number of carbonyl (C=O) groups excluding carboxylic acids is 16. The molecule has 28 heteroatoms. The number of hydrogen-bond acceptors (Lipinski definition) is 20. The van der Waals surface area contributed by atoms with Crippen molar-refractivity contribution in [2.75, 3.05) is 10.6 Å². The lowest BCUT2D eigenvalue weighted by molar-refractivity contribution is -0.137. The Balaban J connectivity index is 0.000000286. The third-order valence-electron chi connectivity index (χ3n) is 15.6. The highest BCUT2D eigenvalue weighted by Gasteiger charge is 2.51. The van der Waals surface area contributed by atoms with Gasteiger partial charge in [0.2, 0.25) is 47.3 Å². The van der Waals surface area contributed by atoms with Crippen LogP contribution in [0.3, 0.4) is 0 Å². The third-order valence-corrected chi connectivity index (χ3v) is 15.6. The van der Waals surface area contributed by atoms with Crippen LogP contribution < -0.4 is 41.4 Å². The minimum absolute atomic E-state index is 0. The van der Waals surface area contributed by atoms with Gasteiger partial charge in [0.25, 0.3) is 47.3 Å². The predicted molar refractivity (Wildman–Crippen MR) is 392 cm³/mol. The molecule has 4 atom stereocenters. The van der Waals surface area contributed by atoms with Crippen molar-refractivity contribution < 1.29 is 86.2 Å². The number of nitrogens with one attached hydrogen (secondary N) is 6. The average Bonchev–Trinajstić information content (AvgIpc) is 1.63. The molecular weight excluding hydrogens is 1350 g/mol. The Bertz CT molecular complexity index is 3580. The second kappa shape index (κ2) is 35.6. The van der Waals surface area contributed by atoms with Gasteiger partial charge in [-0.3, -0.25) is 118 Å². The predicted octanol–water partition coefficient (Wildman–Crippen LogP) is 9.87. The van der Waals surface area contributed by atoms with Crippen molar-refractivity contribution in [1.82, 2.24) is 40.9 Å². The van der Waals surface area contributed by atoms with E-state index in [1.54, 1.807) is 60.7 Å². The van der Waals surface area contributed by atoms with Gasteiger partial charge in [0.15, 0.2) is 0 Å². The Morgan fingerprint density at radius 1 is 0.314 bits per heavy atom. The van der Waals surface area contributed by atoms with Crippen LogP contribution in [0.1, 0.15) is 280 Å². The average molecular weight is 1460 g/mol. The molecule has 4 fully saturated rings. The van der Waals surface area contributed by atoms with E-state index in [-0.39, 0.29) is 126 Å². The highest BCUT2D eigenvalue weighted by molar-refractivity contribution is 6.28. The molecule has 568 valence electrons. The van der Waals surface area contributed by atoms with E-state index >= 15 is 0 Å². The minimum atomic E-state index is -0.974. The Morgan fingerprint density at radius 2 is 0.524 bits per heavy atom. The van der Waals surface area contributed by atoms with Crippen molar-refractivity contribution in [3.05, 3.63) is 117 Å². The van der Waals surface area contributed by atoms with Crippen molar-refractivity contribution in [3.8, 4) is 11.5 Å². The van der Waals surface area contributed by atoms with E-state index in [1.165, 1.54) is 12.1 Å². The lowest BCUT2D eigenvalue weighted by Crippen LogP contribution is -2.54. The topological polar surface area (TPSA) is 377 Å². The molecule has 16 amide bonds. The van der Waals surface area contributed by atoms with Gasteiger partial charge in [-0.05, 0) is 157 Å². The molecule has 0 radical (unpaired) electrons. The second-order valence-electron chi connectivity index (χ2n) is 27.8. The van der Waals surface area contributed by atoms with Crippen LogP contribution in [0.15, 0.2) is 72.8 Å². The first-order chi connectivity index (χ1) is 48.7. The van der Waals surface area contributed by atoms with Crippen LogP contribution in [-0.4, -0.2) is 161 Å². The summed E-state index contributed by atoms with van der Waals surface area (Å²) in [7, 11) is 0. The van der Waals surface area contributed by atoms with Crippen LogP contribution >= 0.6 is 0 Å². The molecule has 6 N–H and O–H groups in total. The first-order valence-corrected chi connectivity index (χ1v) is 35.1. The van der Waals surface area contributed by atoms with E-state index in [1.807, 2.05) is 138 Å². The Kier molecular flexibility index (Phi) is 29.4. The lowest BCUT2D eigenvalue weighted by Gasteiger charge is -2.28. The Hall–Kier alpha value is -10.8. The van der Waals surface area contributed by atoms with Gasteiger partial charge >= 0.3 is 0 Å². The molecule has 28 nitrogen and oxygen atoms in total. The van der Waals surface area contributed by atoms with E-state index in [0.29, 0.717) is 22.9 Å². The zero-order valence-corrected chi connectivity index (χ0v) is 63.0. The van der Waals surface area contributed by atoms with E-state index < -0.39 is 118 Å². The molecule has 0 aromatic heterocycles. The number of amides is 16. The van der Waals surface area contributed by atoms with Gasteiger partial charge in [-0.1, -0.05) is 87.1 Å². The molecule has 105 heavy (non-hydrogen) atoms. The highest BCUT2D eigenvalue weighted by Crippen LogP contribution is 2.39. The highest BCUT2D eigenvalue weighted by atomic mass is 16.5. The molecule has 0 spiro atoms. The summed E-state index contributed by atoms with van der Waals surface area (Å²) in [5.41, 5.74) is 1.34. The summed E-state index contributed by atoms with van der Waals surface area (Å²) >= 11 is 0. The number of nitrogens with zero attached hydrogens (tertiary/aromatic N) is 4. The number of benzene rings is 4. The molecule has 8 aliphatic heterocycles. The maximum absolute atomic E-state index is 12.8. The molecule has 4 saturated heterocycles. The van der Waals surface area contributed by atoms with Gasteiger partial charge in [0.1, 0.15) is 46.9 Å². The maximum atomic E-state index is 12.8. The first kappa shape index (κ1) is 86.6. The SMILES string of the molecule is C.CC.CC.CC.CC.CC(C)(C)Nc1cccc2c1C(=O)N(C1CCC(=O)NC1=O)C2=O.CC(C)(C)Nc1cccc2c1C(=O)N(C1CCC(=O)NC1=O)C2=O.CC(C)(C)Oc1cccc2c1C(=O)N(C1CCC(=O)NC1=O)C2=O.CC(C)(C)Oc1cccc2c1C(=O)N(C1CCC(=O)NC1=O)C2=O. The summed E-state index contributed by atoms with van der Waals surface area (Å²) in [5, 5.41) is 15.2. The number of ether oxygens (including phenoxy) is 2. The summed E-state index contributed by atoms with van der Waals surface area (Å²) in [6.07, 6.45) is 0.964. The van der Waals surface area contributed by atoms with Crippen LogP contribution in [-0.2, 0) is 38.4 Å². The maximum Gasteiger partial charge on any atom is 0.266 e. The fraction of sp³-hybridized carbons (Fsp3) is 0.481. The van der Waals surface area contributed by atoms with Gasteiger partial charge in [0, 0.05) is 48.1 Å². The molecule has 0 bridgehead atoms. The van der Waals surface area contributed by atoms with E-state index in [0.717, 1.165) is 19.6 Å². The van der Waals surface area contributed by atoms with Crippen molar-refractivity contribution in [3.63, 3.8) is 0 Å². The molecule has 4 unspecified atom stereocenters. The number of imide groups is 8. The number of anilines is 2. The van der Waals surface area contributed by atoms with E-state index in [4.69, 9.17) is 9.47 Å². The zero-order chi connectivity index (χ0) is 78.6. The minimum Gasteiger partial charge on any atom is -0.487 e. The summed E-state index contributed by atoms with van der Waals surface area (Å²) in [4.78, 5) is 199. The summed E-state index contributed by atoms with van der Waals surface area (Å²) in [5.74, 6) is -7.61. The largest absolute Gasteiger partial charge is 0.487 e. The van der Waals surface area contributed by atoms with Crippen LogP contribution in [0.2, 0.25) is 0 Å². The fourth-order valence-corrected chi connectivity index (χ4v) is 11.8. The lowest BCUT2D eigenvalue weighted by atomic mass is 10.0. The van der Waals surface area contributed by atoms with Crippen LogP contribution in [0, 0.1) is 0 Å². The quantitative estimate of drug-likeness (QED) is 0.0893. The second-order valence-corrected chi connectivity index (χ2v) is 27.8. The molecule has 4 aromatic rings. The Morgan fingerprint density at radius 3 is 0.733 bits per heavy atom. The fourth-order valence-electron chi connectivity index (χ4n) is 11.8. The van der Waals surface area contributed by atoms with Crippen LogP contribution in [0.5, 0.6) is 11.5 Å². The van der Waals surface area contributed by atoms with E-state index in [9.17, 15) is 76.7 Å². The van der Waals surface area contributed by atoms with Gasteiger partial charge in [0.05, 0.1) is 44.5 Å². The van der Waals surface area contributed by atoms with E-state index in [2.05, 4.69) is 31.9 Å². The smallest absolute Gasteiger partial charge is 0.266 e. The van der Waals surface area contributed by atoms with Gasteiger partial charge < -0.3 is 20.1 Å². The normalized spacial score (nSPS) is 19.4. The zero-order valence-electron chi connectivity index (χ0n) is 63.0. The summed E-state index contributed by atoms with van der Waals surface area (Å²) in [6.45, 7) is 38.7. The molecular formula is C77H102N10O18. The molecule has 0 aliphatic carbocycles. The van der Waals surface area contributed by atoms with Crippen molar-refractivity contribution in [2.45, 2.75) is 244 Å². The number of hydrogen-bond donors (Lipinski definition) is 6. The van der Waals surface area contributed by atoms with Crippen LogP contribution in [0.4, 0.5) is 11.4 Å². The monoisotopic (exact) mass is 1450 g/mol. The van der Waals surface area contributed by atoms with Gasteiger partial charge in [-0.15, -0.1) is 0 Å². The van der Waals surface area contributed by atoms with Crippen molar-refractivity contribution in [1.29, 1.82) is 0 Å². The standard InChI is InChI=1S/2C17H19N3O4.2C17H18N2O5.4C2H6.CH4/c2*1-17(2,3)19-10-6-4-5-9-13(10)16(24)20(15(9)23)11-7-8-12(21)18-14(11)22;2*1-17(2,3)24-11-6-4-5-9-13(11)16(23)19(15(9)22)10-7-8-12(20)18-14(10)21;4*1-2;/h2*4-6,11,19H,7-8H2,1-3H3,(H,18,21,22);2*4-6,10H,7-8H2,1-3H3,(H,18,20,21);4*1-2H3;1H4. The van der Waals surface area contributed by atoms with Crippen LogP contribution in [0.25, 0.3) is 0 Å². The van der Waals surface area contributed by atoms with Crippen molar-refractivity contribution >= 4 is 106 Å². The number of piperidine rings is 4. The first-order valence-electron chi connectivity index (χ1n) is 35.1. The molecule has 4 aromatic carbocycles. The molecule has 0 saturated carbocycles. The van der Waals surface area contributed by atoms with Crippen molar-refractivity contribution in [2.24, 2.45) is 0 Å². The molecule has 8 aliphatic rings. The number of rotatable bonds is 8. The summed E-state index contributed by atoms with van der Waals surface area (Å²) in [6, 6.07) is 15.8. The molecule has 12 rings (SSSR count). The third kappa shape index (κ3) is 19.9. The van der Waals surface area contributed by atoms with Gasteiger partial charge in [-0.2, -0.15) is 0 Å². The summed E-state index contributed by atoms with van der Waals surface area (Å²) < 4.78 is 11.6. The number of fused-ring (bicyclic) bond motifs is 4. The Labute approximate surface area is 613 Å². The van der Waals surface area contributed by atoms with Gasteiger partial charge in [-0.25, -0.2) is 0 Å².